The average molecular weight is 248 g/mol. The van der Waals surface area contributed by atoms with E-state index in [0.717, 1.165) is 29.8 Å². The quantitative estimate of drug-likeness (QED) is 0.867. The Morgan fingerprint density at radius 1 is 1.39 bits per heavy atom. The van der Waals surface area contributed by atoms with Crippen LogP contribution in [0.5, 0.6) is 0 Å². The Bertz CT molecular complexity index is 415. The molecule has 18 heavy (non-hydrogen) atoms. The van der Waals surface area contributed by atoms with Gasteiger partial charge in [0.2, 0.25) is 0 Å². The summed E-state index contributed by atoms with van der Waals surface area (Å²) in [7, 11) is 1.85. The molecule has 1 amide bonds. The van der Waals surface area contributed by atoms with E-state index >= 15 is 0 Å². The predicted molar refractivity (Wildman–Crippen MR) is 77.2 cm³/mol. The molecule has 1 aromatic rings. The number of carbonyl (C=O) groups excluding carboxylic acids is 1. The highest BCUT2D eigenvalue weighted by atomic mass is 16.2. The molecule has 3 nitrogen and oxygen atoms in total. The van der Waals surface area contributed by atoms with Gasteiger partial charge in [-0.3, -0.25) is 4.79 Å². The normalized spacial score (nSPS) is 12.1. The lowest BCUT2D eigenvalue weighted by Gasteiger charge is -2.28. The van der Waals surface area contributed by atoms with Crippen LogP contribution in [0.25, 0.3) is 0 Å². The Kier molecular flexibility index (Phi) is 5.20. The first-order chi connectivity index (χ1) is 8.54. The lowest BCUT2D eigenvalue weighted by molar-refractivity contribution is 0.0701. The third-order valence-electron chi connectivity index (χ3n) is 3.40. The van der Waals surface area contributed by atoms with Gasteiger partial charge in [0.05, 0.1) is 5.56 Å². The van der Waals surface area contributed by atoms with Crippen LogP contribution in [-0.4, -0.2) is 30.4 Å². The van der Waals surface area contributed by atoms with Gasteiger partial charge in [-0.05, 0) is 44.9 Å². The van der Waals surface area contributed by atoms with Gasteiger partial charge in [-0.15, -0.1) is 0 Å². The fraction of sp³-hybridized carbons (Fsp3) is 0.533. The van der Waals surface area contributed by atoms with Crippen molar-refractivity contribution in [2.75, 3.05) is 18.9 Å². The molecule has 0 fully saturated rings. The van der Waals surface area contributed by atoms with E-state index in [2.05, 4.69) is 19.2 Å². The molecule has 0 aliphatic carbocycles. The van der Waals surface area contributed by atoms with Crippen molar-refractivity contribution in [3.8, 4) is 0 Å². The van der Waals surface area contributed by atoms with Gasteiger partial charge < -0.3 is 10.2 Å². The predicted octanol–water partition coefficient (Wildman–Crippen LogP) is 3.30. The summed E-state index contributed by atoms with van der Waals surface area (Å²) >= 11 is 0. The Balaban J connectivity index is 3.09. The molecule has 0 aliphatic rings. The van der Waals surface area contributed by atoms with Crippen LogP contribution in [0.15, 0.2) is 18.2 Å². The fourth-order valence-corrected chi connectivity index (χ4v) is 2.08. The Labute approximate surface area is 110 Å². The van der Waals surface area contributed by atoms with Crippen molar-refractivity contribution >= 4 is 11.6 Å². The van der Waals surface area contributed by atoms with Gasteiger partial charge >= 0.3 is 0 Å². The van der Waals surface area contributed by atoms with Crippen molar-refractivity contribution in [2.45, 2.75) is 40.2 Å². The number of carbonyl (C=O) groups is 1. The van der Waals surface area contributed by atoms with Crippen LogP contribution < -0.4 is 5.32 Å². The minimum atomic E-state index is 0.108. The zero-order valence-corrected chi connectivity index (χ0v) is 12.1. The van der Waals surface area contributed by atoms with Crippen molar-refractivity contribution in [2.24, 2.45) is 0 Å². The molecular formula is C15H24N2O. The van der Waals surface area contributed by atoms with Crippen molar-refractivity contribution < 1.29 is 4.79 Å². The van der Waals surface area contributed by atoms with Crippen LogP contribution in [0.1, 0.15) is 43.1 Å². The lowest BCUT2D eigenvalue weighted by Crippen LogP contribution is -2.38. The van der Waals surface area contributed by atoms with Crippen LogP contribution in [0, 0.1) is 6.92 Å². The SMILES string of the molecule is CCC(C)N(CC)C(=O)c1ccc(C)cc1NC. The summed E-state index contributed by atoms with van der Waals surface area (Å²) in [6.45, 7) is 8.99. The maximum absolute atomic E-state index is 12.6. The highest BCUT2D eigenvalue weighted by Gasteiger charge is 2.20. The zero-order valence-electron chi connectivity index (χ0n) is 12.1. The third kappa shape index (κ3) is 3.03. The van der Waals surface area contributed by atoms with E-state index in [4.69, 9.17) is 0 Å². The Morgan fingerprint density at radius 2 is 2.06 bits per heavy atom. The number of nitrogens with one attached hydrogen (secondary N) is 1. The van der Waals surface area contributed by atoms with E-state index in [0.29, 0.717) is 0 Å². The average Bonchev–Trinajstić information content (AvgIpc) is 2.38. The maximum atomic E-state index is 12.6. The van der Waals surface area contributed by atoms with E-state index < -0.39 is 0 Å². The molecule has 3 heteroatoms. The molecule has 0 aromatic heterocycles. The first-order valence-corrected chi connectivity index (χ1v) is 6.64. The number of amides is 1. The number of aryl methyl sites for hydroxylation is 1. The fourth-order valence-electron chi connectivity index (χ4n) is 2.08. The second-order valence-corrected chi connectivity index (χ2v) is 4.65. The molecule has 1 atom stereocenters. The number of benzene rings is 1. The highest BCUT2D eigenvalue weighted by Crippen LogP contribution is 2.20. The second kappa shape index (κ2) is 6.43. The van der Waals surface area contributed by atoms with Gasteiger partial charge in [-0.2, -0.15) is 0 Å². The number of hydrogen-bond acceptors (Lipinski definition) is 2. The van der Waals surface area contributed by atoms with Crippen LogP contribution in [0.2, 0.25) is 0 Å². The molecule has 0 spiro atoms. The summed E-state index contributed by atoms with van der Waals surface area (Å²) in [5.41, 5.74) is 2.81. The van der Waals surface area contributed by atoms with E-state index in [9.17, 15) is 4.79 Å². The second-order valence-electron chi connectivity index (χ2n) is 4.65. The maximum Gasteiger partial charge on any atom is 0.256 e. The summed E-state index contributed by atoms with van der Waals surface area (Å²) in [4.78, 5) is 14.5. The third-order valence-corrected chi connectivity index (χ3v) is 3.40. The minimum Gasteiger partial charge on any atom is -0.387 e. The molecule has 0 saturated heterocycles. The largest absolute Gasteiger partial charge is 0.387 e. The van der Waals surface area contributed by atoms with Gasteiger partial charge in [0.1, 0.15) is 0 Å². The molecule has 1 unspecified atom stereocenters. The number of nitrogens with zero attached hydrogens (tertiary/aromatic N) is 1. The molecule has 0 radical (unpaired) electrons. The Hall–Kier alpha value is -1.51. The van der Waals surface area contributed by atoms with Crippen LogP contribution in [0.3, 0.4) is 0 Å². The molecule has 100 valence electrons. The van der Waals surface area contributed by atoms with Crippen LogP contribution >= 0.6 is 0 Å². The molecular weight excluding hydrogens is 224 g/mol. The summed E-state index contributed by atoms with van der Waals surface area (Å²) < 4.78 is 0. The van der Waals surface area contributed by atoms with Gasteiger partial charge in [0, 0.05) is 25.3 Å². The summed E-state index contributed by atoms with van der Waals surface area (Å²) in [5, 5.41) is 3.11. The van der Waals surface area contributed by atoms with E-state index in [1.165, 1.54) is 0 Å². The van der Waals surface area contributed by atoms with Crippen molar-refractivity contribution in [1.82, 2.24) is 4.90 Å². The van der Waals surface area contributed by atoms with E-state index in [1.54, 1.807) is 0 Å². The van der Waals surface area contributed by atoms with Gasteiger partial charge in [0.15, 0.2) is 0 Å². The van der Waals surface area contributed by atoms with Gasteiger partial charge in [-0.1, -0.05) is 13.0 Å². The first kappa shape index (κ1) is 14.6. The minimum absolute atomic E-state index is 0.108. The van der Waals surface area contributed by atoms with Crippen molar-refractivity contribution in [3.63, 3.8) is 0 Å². The molecule has 0 aliphatic heterocycles. The molecule has 0 heterocycles. The Morgan fingerprint density at radius 3 is 2.56 bits per heavy atom. The van der Waals surface area contributed by atoms with E-state index in [-0.39, 0.29) is 11.9 Å². The highest BCUT2D eigenvalue weighted by molar-refractivity contribution is 5.99. The van der Waals surface area contributed by atoms with Gasteiger partial charge in [-0.25, -0.2) is 0 Å². The summed E-state index contributed by atoms with van der Waals surface area (Å²) in [6.07, 6.45) is 0.973. The molecule has 0 saturated carbocycles. The number of hydrogen-bond donors (Lipinski definition) is 1. The number of anilines is 1. The van der Waals surface area contributed by atoms with Crippen molar-refractivity contribution in [1.29, 1.82) is 0 Å². The molecule has 0 bridgehead atoms. The monoisotopic (exact) mass is 248 g/mol. The zero-order chi connectivity index (χ0) is 13.7. The molecule has 1 rings (SSSR count). The topological polar surface area (TPSA) is 32.3 Å². The smallest absolute Gasteiger partial charge is 0.256 e. The first-order valence-electron chi connectivity index (χ1n) is 6.64. The summed E-state index contributed by atoms with van der Waals surface area (Å²) in [5.74, 6) is 0.108. The van der Waals surface area contributed by atoms with E-state index in [1.807, 2.05) is 44.0 Å². The van der Waals surface area contributed by atoms with Crippen LogP contribution in [0.4, 0.5) is 5.69 Å². The summed E-state index contributed by atoms with van der Waals surface area (Å²) in [6, 6.07) is 6.18. The lowest BCUT2D eigenvalue weighted by atomic mass is 10.1. The van der Waals surface area contributed by atoms with Crippen LogP contribution in [-0.2, 0) is 0 Å². The standard InChI is InChI=1S/C15H24N2O/c1-6-12(4)17(7-2)15(18)13-9-8-11(3)10-14(13)16-5/h8-10,12,16H,6-7H2,1-5H3. The van der Waals surface area contributed by atoms with Crippen molar-refractivity contribution in [3.05, 3.63) is 29.3 Å². The number of rotatable bonds is 5. The van der Waals surface area contributed by atoms with Gasteiger partial charge in [0.25, 0.3) is 5.91 Å². The molecule has 1 aromatic carbocycles. The molecule has 1 N–H and O–H groups in total.